The zero-order valence-electron chi connectivity index (χ0n) is 7.54. The summed E-state index contributed by atoms with van der Waals surface area (Å²) in [7, 11) is 0. The fraction of sp³-hybridized carbons (Fsp3) is 0.375. The van der Waals surface area contributed by atoms with E-state index >= 15 is 0 Å². The Hall–Kier alpha value is -0.810. The van der Waals surface area contributed by atoms with Gasteiger partial charge in [0.2, 0.25) is 0 Å². The molecule has 72 valence electrons. The van der Waals surface area contributed by atoms with Crippen LogP contribution in [0.25, 0.3) is 0 Å². The second-order valence-electron chi connectivity index (χ2n) is 2.82. The van der Waals surface area contributed by atoms with Crippen LogP contribution in [0.5, 0.6) is 0 Å². The molecular weight excluding hydrogens is 234 g/mol. The Balaban J connectivity index is 2.97. The van der Waals surface area contributed by atoms with Crippen molar-refractivity contribution in [2.45, 2.75) is 19.9 Å². The van der Waals surface area contributed by atoms with Gasteiger partial charge in [0.25, 0.3) is 0 Å². The van der Waals surface area contributed by atoms with Gasteiger partial charge in [0.05, 0.1) is 11.8 Å². The van der Waals surface area contributed by atoms with Gasteiger partial charge in [0, 0.05) is 6.04 Å². The summed E-state index contributed by atoms with van der Waals surface area (Å²) in [6.45, 7) is 3.96. The molecule has 1 aromatic rings. The summed E-state index contributed by atoms with van der Waals surface area (Å²) in [5.74, 6) is 5.96. The molecule has 0 saturated carbocycles. The summed E-state index contributed by atoms with van der Waals surface area (Å²) >= 11 is 3.25. The second-order valence-corrected chi connectivity index (χ2v) is 3.54. The minimum absolute atomic E-state index is 0.188. The third-order valence-electron chi connectivity index (χ3n) is 1.40. The molecule has 4 nitrogen and oxygen atoms in total. The van der Waals surface area contributed by atoms with Crippen molar-refractivity contribution in [1.29, 1.82) is 0 Å². The van der Waals surface area contributed by atoms with Crippen LogP contribution in [0.15, 0.2) is 26.4 Å². The van der Waals surface area contributed by atoms with Gasteiger partial charge in [-0.3, -0.25) is 4.99 Å². The molecule has 0 aliphatic carbocycles. The molecule has 0 saturated heterocycles. The number of hydrazine groups is 1. The monoisotopic (exact) mass is 245 g/mol. The summed E-state index contributed by atoms with van der Waals surface area (Å²) in [4.78, 5) is 4.29. The largest absolute Gasteiger partial charge is 0.457 e. The normalized spacial score (nSPS) is 12.2. The highest BCUT2D eigenvalue weighted by molar-refractivity contribution is 9.10. The van der Waals surface area contributed by atoms with Crippen LogP contribution < -0.4 is 11.3 Å². The van der Waals surface area contributed by atoms with Crippen LogP contribution in [0, 0.1) is 0 Å². The van der Waals surface area contributed by atoms with Crippen LogP contribution in [0.1, 0.15) is 19.4 Å². The maximum Gasteiger partial charge on any atom is 0.179 e. The molecule has 0 fully saturated rings. The number of halogens is 1. The predicted molar refractivity (Wildman–Crippen MR) is 55.4 cm³/mol. The standard InChI is InChI=1S/C8H12BrN3O/c1-5(2)11-8(12-10)6-3-4-13-7(6)9/h3-5H,10H2,1-2H3,(H,11,12). The first-order valence-corrected chi connectivity index (χ1v) is 4.72. The SMILES string of the molecule is CC(C)N=C(NN)c1ccoc1Br. The van der Waals surface area contributed by atoms with Gasteiger partial charge < -0.3 is 9.84 Å². The third-order valence-corrected chi connectivity index (χ3v) is 2.01. The van der Waals surface area contributed by atoms with Crippen LogP contribution in [-0.4, -0.2) is 11.9 Å². The lowest BCUT2D eigenvalue weighted by Gasteiger charge is -2.05. The van der Waals surface area contributed by atoms with Crippen molar-refractivity contribution in [2.75, 3.05) is 0 Å². The Kier molecular flexibility index (Phi) is 3.50. The first-order chi connectivity index (χ1) is 6.15. The van der Waals surface area contributed by atoms with Gasteiger partial charge in [0.1, 0.15) is 5.84 Å². The van der Waals surface area contributed by atoms with Crippen molar-refractivity contribution in [3.8, 4) is 0 Å². The van der Waals surface area contributed by atoms with Gasteiger partial charge in [-0.05, 0) is 35.8 Å². The van der Waals surface area contributed by atoms with E-state index in [-0.39, 0.29) is 6.04 Å². The number of amidine groups is 1. The molecule has 1 heterocycles. The molecule has 0 aliphatic rings. The van der Waals surface area contributed by atoms with Crippen molar-refractivity contribution >= 4 is 21.8 Å². The third kappa shape index (κ3) is 2.57. The average Bonchev–Trinajstić information content (AvgIpc) is 2.47. The first kappa shape index (κ1) is 10.3. The first-order valence-electron chi connectivity index (χ1n) is 3.93. The Morgan fingerprint density at radius 3 is 2.77 bits per heavy atom. The van der Waals surface area contributed by atoms with E-state index in [0.29, 0.717) is 10.5 Å². The molecule has 1 aromatic heterocycles. The molecule has 0 radical (unpaired) electrons. The highest BCUT2D eigenvalue weighted by Crippen LogP contribution is 2.17. The molecule has 0 amide bonds. The number of nitrogens with two attached hydrogens (primary N) is 1. The number of nitrogens with one attached hydrogen (secondary N) is 1. The number of aliphatic imine (C=N–C) groups is 1. The molecule has 0 aliphatic heterocycles. The number of hydrogen-bond donors (Lipinski definition) is 2. The van der Waals surface area contributed by atoms with Gasteiger partial charge in [-0.2, -0.15) is 0 Å². The molecule has 1 rings (SSSR count). The lowest BCUT2D eigenvalue weighted by molar-refractivity contribution is 0.540. The summed E-state index contributed by atoms with van der Waals surface area (Å²) in [5, 5.41) is 0. The van der Waals surface area contributed by atoms with E-state index in [4.69, 9.17) is 10.3 Å². The quantitative estimate of drug-likeness (QED) is 0.361. The molecule has 13 heavy (non-hydrogen) atoms. The lowest BCUT2D eigenvalue weighted by atomic mass is 10.3. The van der Waals surface area contributed by atoms with Crippen LogP contribution in [0.3, 0.4) is 0 Å². The molecule has 0 bridgehead atoms. The van der Waals surface area contributed by atoms with Crippen molar-refractivity contribution in [1.82, 2.24) is 5.43 Å². The topological polar surface area (TPSA) is 63.5 Å². The molecule has 5 heteroatoms. The lowest BCUT2D eigenvalue weighted by Crippen LogP contribution is -2.31. The van der Waals surface area contributed by atoms with Crippen molar-refractivity contribution < 1.29 is 4.42 Å². The smallest absolute Gasteiger partial charge is 0.179 e. The zero-order valence-corrected chi connectivity index (χ0v) is 9.13. The Morgan fingerprint density at radius 1 is 1.69 bits per heavy atom. The van der Waals surface area contributed by atoms with Crippen molar-refractivity contribution in [2.24, 2.45) is 10.8 Å². The maximum absolute atomic E-state index is 5.34. The highest BCUT2D eigenvalue weighted by Gasteiger charge is 2.09. The number of furan rings is 1. The Morgan fingerprint density at radius 2 is 2.38 bits per heavy atom. The van der Waals surface area contributed by atoms with Gasteiger partial charge >= 0.3 is 0 Å². The predicted octanol–water partition coefficient (Wildman–Crippen LogP) is 1.66. The van der Waals surface area contributed by atoms with E-state index in [1.165, 1.54) is 0 Å². The fourth-order valence-corrected chi connectivity index (χ4v) is 1.33. The Labute approximate surface area is 85.3 Å². The van der Waals surface area contributed by atoms with E-state index in [0.717, 1.165) is 5.56 Å². The van der Waals surface area contributed by atoms with E-state index in [1.54, 1.807) is 12.3 Å². The van der Waals surface area contributed by atoms with Crippen LogP contribution in [-0.2, 0) is 0 Å². The van der Waals surface area contributed by atoms with Gasteiger partial charge in [0.15, 0.2) is 4.67 Å². The molecule has 3 N–H and O–H groups in total. The molecule has 0 unspecified atom stereocenters. The minimum atomic E-state index is 0.188. The Bertz CT molecular complexity index is 306. The molecule has 0 spiro atoms. The summed E-state index contributed by atoms with van der Waals surface area (Å²) in [5.41, 5.74) is 3.37. The number of hydrogen-bond acceptors (Lipinski definition) is 3. The maximum atomic E-state index is 5.34. The zero-order chi connectivity index (χ0) is 9.84. The number of rotatable bonds is 2. The van der Waals surface area contributed by atoms with E-state index < -0.39 is 0 Å². The second kappa shape index (κ2) is 4.43. The van der Waals surface area contributed by atoms with Crippen molar-refractivity contribution in [3.63, 3.8) is 0 Å². The average molecular weight is 246 g/mol. The minimum Gasteiger partial charge on any atom is -0.457 e. The van der Waals surface area contributed by atoms with Crippen molar-refractivity contribution in [3.05, 3.63) is 22.6 Å². The number of nitrogens with zero attached hydrogens (tertiary/aromatic N) is 1. The molecule has 0 atom stereocenters. The summed E-state index contributed by atoms with van der Waals surface area (Å²) in [6.07, 6.45) is 1.58. The van der Waals surface area contributed by atoms with Crippen LogP contribution in [0.2, 0.25) is 0 Å². The summed E-state index contributed by atoms with van der Waals surface area (Å²) in [6, 6.07) is 1.98. The fourth-order valence-electron chi connectivity index (χ4n) is 0.906. The summed E-state index contributed by atoms with van der Waals surface area (Å²) < 4.78 is 5.70. The van der Waals surface area contributed by atoms with Gasteiger partial charge in [-0.25, -0.2) is 5.84 Å². The highest BCUT2D eigenvalue weighted by atomic mass is 79.9. The van der Waals surface area contributed by atoms with E-state index in [2.05, 4.69) is 26.3 Å². The molecular formula is C8H12BrN3O. The van der Waals surface area contributed by atoms with E-state index in [1.807, 2.05) is 13.8 Å². The molecule has 0 aromatic carbocycles. The van der Waals surface area contributed by atoms with Gasteiger partial charge in [-0.15, -0.1) is 0 Å². The van der Waals surface area contributed by atoms with Gasteiger partial charge in [-0.1, -0.05) is 0 Å². The van der Waals surface area contributed by atoms with Crippen LogP contribution in [0.4, 0.5) is 0 Å². The van der Waals surface area contributed by atoms with E-state index in [9.17, 15) is 0 Å². The van der Waals surface area contributed by atoms with Crippen LogP contribution >= 0.6 is 15.9 Å².